The molecule has 0 atom stereocenters. The van der Waals surface area contributed by atoms with Gasteiger partial charge in [0.2, 0.25) is 10.9 Å². The number of benzene rings is 1. The maximum absolute atomic E-state index is 12.0. The van der Waals surface area contributed by atoms with Crippen LogP contribution in [-0.2, 0) is 6.54 Å². The molecule has 3 aromatic rings. The molecule has 4 heteroatoms. The molecule has 0 amide bonds. The molecule has 0 aliphatic heterocycles. The molecule has 2 aromatic carbocycles. The Morgan fingerprint density at radius 2 is 1.73 bits per heavy atom. The standard InChI is InChI=1S/C18H17NO2S/c1-10-7-12(3)14(8-11(10)2)15-16(18(21)17(15)20)19-9-13-5-4-6-22-13/h4-8,19H,9H2,1-3H3. The van der Waals surface area contributed by atoms with Crippen molar-refractivity contribution in [3.05, 3.63) is 71.7 Å². The number of anilines is 1. The van der Waals surface area contributed by atoms with Gasteiger partial charge in [-0.1, -0.05) is 18.2 Å². The van der Waals surface area contributed by atoms with E-state index < -0.39 is 5.43 Å². The highest BCUT2D eigenvalue weighted by Gasteiger charge is 2.23. The molecule has 0 saturated heterocycles. The summed E-state index contributed by atoms with van der Waals surface area (Å²) in [7, 11) is 0. The third-order valence-corrected chi connectivity index (χ3v) is 4.92. The maximum Gasteiger partial charge on any atom is 0.250 e. The summed E-state index contributed by atoms with van der Waals surface area (Å²) in [5.41, 5.74) is 4.37. The van der Waals surface area contributed by atoms with E-state index in [1.54, 1.807) is 11.3 Å². The normalized spacial score (nSPS) is 11.0. The number of hydrogen-bond acceptors (Lipinski definition) is 4. The minimum atomic E-state index is -0.413. The summed E-state index contributed by atoms with van der Waals surface area (Å²) in [6, 6.07) is 8.03. The van der Waals surface area contributed by atoms with Crippen molar-refractivity contribution in [2.24, 2.45) is 0 Å². The van der Waals surface area contributed by atoms with Gasteiger partial charge in [0.1, 0.15) is 0 Å². The van der Waals surface area contributed by atoms with Gasteiger partial charge in [0.15, 0.2) is 0 Å². The lowest BCUT2D eigenvalue weighted by atomic mass is 9.91. The predicted octanol–water partition coefficient (Wildman–Crippen LogP) is 3.55. The highest BCUT2D eigenvalue weighted by Crippen LogP contribution is 2.29. The first kappa shape index (κ1) is 14.7. The van der Waals surface area contributed by atoms with Crippen molar-refractivity contribution in [2.45, 2.75) is 27.3 Å². The van der Waals surface area contributed by atoms with Crippen molar-refractivity contribution in [3.8, 4) is 11.1 Å². The van der Waals surface area contributed by atoms with Crippen LogP contribution in [-0.4, -0.2) is 0 Å². The molecule has 0 radical (unpaired) electrons. The highest BCUT2D eigenvalue weighted by atomic mass is 32.1. The van der Waals surface area contributed by atoms with E-state index in [2.05, 4.69) is 11.4 Å². The molecule has 22 heavy (non-hydrogen) atoms. The Hall–Kier alpha value is -2.20. The van der Waals surface area contributed by atoms with Crippen molar-refractivity contribution in [3.63, 3.8) is 0 Å². The summed E-state index contributed by atoms with van der Waals surface area (Å²) in [6.45, 7) is 6.61. The van der Waals surface area contributed by atoms with E-state index in [1.165, 1.54) is 5.56 Å². The lowest BCUT2D eigenvalue weighted by molar-refractivity contribution is 1.16. The van der Waals surface area contributed by atoms with Gasteiger partial charge >= 0.3 is 0 Å². The van der Waals surface area contributed by atoms with Crippen LogP contribution in [0.5, 0.6) is 0 Å². The lowest BCUT2D eigenvalue weighted by Crippen LogP contribution is -2.36. The molecule has 3 rings (SSSR count). The summed E-state index contributed by atoms with van der Waals surface area (Å²) in [5.74, 6) is 0. The van der Waals surface area contributed by atoms with Gasteiger partial charge in [-0.25, -0.2) is 0 Å². The Balaban J connectivity index is 1.99. The van der Waals surface area contributed by atoms with E-state index in [-0.39, 0.29) is 5.43 Å². The van der Waals surface area contributed by atoms with Gasteiger partial charge in [0, 0.05) is 11.4 Å². The van der Waals surface area contributed by atoms with Crippen LogP contribution in [0.25, 0.3) is 11.1 Å². The zero-order valence-corrected chi connectivity index (χ0v) is 13.6. The summed E-state index contributed by atoms with van der Waals surface area (Å²) >= 11 is 1.62. The third kappa shape index (κ3) is 2.40. The minimum absolute atomic E-state index is 0.389. The molecular weight excluding hydrogens is 294 g/mol. The number of hydrogen-bond donors (Lipinski definition) is 1. The van der Waals surface area contributed by atoms with Crippen LogP contribution in [0.3, 0.4) is 0 Å². The first-order chi connectivity index (χ1) is 10.5. The van der Waals surface area contributed by atoms with Crippen LogP contribution in [0.1, 0.15) is 21.6 Å². The number of rotatable bonds is 4. The average Bonchev–Trinajstić information content (AvgIpc) is 3.00. The number of nitrogens with one attached hydrogen (secondary N) is 1. The average molecular weight is 311 g/mol. The monoisotopic (exact) mass is 311 g/mol. The Kier molecular flexibility index (Phi) is 3.71. The van der Waals surface area contributed by atoms with Gasteiger partial charge in [0.05, 0.1) is 11.3 Å². The molecule has 0 spiro atoms. The van der Waals surface area contributed by atoms with E-state index in [4.69, 9.17) is 0 Å². The molecule has 1 heterocycles. The van der Waals surface area contributed by atoms with Crippen LogP contribution >= 0.6 is 11.3 Å². The van der Waals surface area contributed by atoms with Crippen molar-refractivity contribution < 1.29 is 0 Å². The van der Waals surface area contributed by atoms with Gasteiger partial charge in [0.25, 0.3) is 0 Å². The quantitative estimate of drug-likeness (QED) is 0.750. The van der Waals surface area contributed by atoms with Crippen LogP contribution < -0.4 is 16.2 Å². The van der Waals surface area contributed by atoms with E-state index >= 15 is 0 Å². The van der Waals surface area contributed by atoms with E-state index in [0.717, 1.165) is 21.6 Å². The molecule has 1 N–H and O–H groups in total. The van der Waals surface area contributed by atoms with Crippen molar-refractivity contribution in [1.82, 2.24) is 0 Å². The molecule has 0 bridgehead atoms. The van der Waals surface area contributed by atoms with Crippen molar-refractivity contribution in [2.75, 3.05) is 5.32 Å². The third-order valence-electron chi connectivity index (χ3n) is 4.04. The van der Waals surface area contributed by atoms with Crippen LogP contribution in [0.2, 0.25) is 0 Å². The summed E-state index contributed by atoms with van der Waals surface area (Å²) in [5, 5.41) is 5.12. The topological polar surface area (TPSA) is 46.2 Å². The largest absolute Gasteiger partial charge is 0.376 e. The molecule has 0 aliphatic rings. The predicted molar refractivity (Wildman–Crippen MR) is 92.6 cm³/mol. The molecule has 1 aromatic heterocycles. The first-order valence-corrected chi connectivity index (χ1v) is 8.04. The van der Waals surface area contributed by atoms with Gasteiger partial charge in [-0.15, -0.1) is 11.3 Å². The SMILES string of the molecule is Cc1cc(C)c(-c2c(NCc3cccs3)c(=O)c2=O)cc1C. The lowest BCUT2D eigenvalue weighted by Gasteiger charge is -2.16. The Morgan fingerprint density at radius 3 is 2.41 bits per heavy atom. The van der Waals surface area contributed by atoms with Crippen molar-refractivity contribution in [1.29, 1.82) is 0 Å². The van der Waals surface area contributed by atoms with Gasteiger partial charge in [-0.05, 0) is 54.5 Å². The maximum atomic E-state index is 12.0. The van der Waals surface area contributed by atoms with Gasteiger partial charge in [-0.3, -0.25) is 9.59 Å². The van der Waals surface area contributed by atoms with Crippen LogP contribution in [0.15, 0.2) is 39.2 Å². The molecular formula is C18H17NO2S. The fourth-order valence-electron chi connectivity index (χ4n) is 2.64. The molecule has 0 saturated carbocycles. The minimum Gasteiger partial charge on any atom is -0.376 e. The molecule has 0 fully saturated rings. The van der Waals surface area contributed by atoms with Gasteiger partial charge < -0.3 is 5.32 Å². The van der Waals surface area contributed by atoms with Gasteiger partial charge in [-0.2, -0.15) is 0 Å². The summed E-state index contributed by atoms with van der Waals surface area (Å²) < 4.78 is 0. The molecule has 112 valence electrons. The zero-order valence-electron chi connectivity index (χ0n) is 12.8. The highest BCUT2D eigenvalue weighted by molar-refractivity contribution is 7.09. The fourth-order valence-corrected chi connectivity index (χ4v) is 3.28. The fraction of sp³-hybridized carbons (Fsp3) is 0.222. The Bertz CT molecular complexity index is 900. The first-order valence-electron chi connectivity index (χ1n) is 7.17. The molecule has 0 unspecified atom stereocenters. The molecule has 3 nitrogen and oxygen atoms in total. The van der Waals surface area contributed by atoms with E-state index in [1.807, 2.05) is 44.4 Å². The second-order valence-corrected chi connectivity index (χ2v) is 6.62. The van der Waals surface area contributed by atoms with Crippen LogP contribution in [0, 0.1) is 20.8 Å². The van der Waals surface area contributed by atoms with E-state index in [0.29, 0.717) is 17.8 Å². The second kappa shape index (κ2) is 5.54. The second-order valence-electron chi connectivity index (χ2n) is 5.59. The zero-order chi connectivity index (χ0) is 15.9. The smallest absolute Gasteiger partial charge is 0.250 e. The van der Waals surface area contributed by atoms with Crippen molar-refractivity contribution >= 4 is 17.0 Å². The molecule has 0 aliphatic carbocycles. The summed E-state index contributed by atoms with van der Waals surface area (Å²) in [6.07, 6.45) is 0. The number of thiophene rings is 1. The Morgan fingerprint density at radius 1 is 1.00 bits per heavy atom. The van der Waals surface area contributed by atoms with E-state index in [9.17, 15) is 9.59 Å². The van der Waals surface area contributed by atoms with Crippen LogP contribution in [0.4, 0.5) is 5.69 Å². The summed E-state index contributed by atoms with van der Waals surface area (Å²) in [4.78, 5) is 25.1. The number of aryl methyl sites for hydroxylation is 3. The Labute approximate surface area is 132 Å².